The number of benzene rings is 1. The van der Waals surface area contributed by atoms with Crippen molar-refractivity contribution in [3.8, 4) is 0 Å². The normalized spacial score (nSPS) is 26.5. The second kappa shape index (κ2) is 5.27. The Bertz CT molecular complexity index is 694. The fourth-order valence-electron chi connectivity index (χ4n) is 3.36. The SMILES string of the molecule is C[C@H]1C[C@]2(CN1C(=O)CO)C(=O)Nc1c2cc(Cl)c(Cl)c1Cl. The molecule has 0 bridgehead atoms. The number of likely N-dealkylation sites (tertiary alicyclic amines) is 1. The van der Waals surface area contributed by atoms with Gasteiger partial charge in [0.1, 0.15) is 6.61 Å². The third-order valence-electron chi connectivity index (χ3n) is 4.42. The Morgan fingerprint density at radius 1 is 1.45 bits per heavy atom. The number of anilines is 1. The molecule has 0 aromatic heterocycles. The quantitative estimate of drug-likeness (QED) is 0.753. The van der Waals surface area contributed by atoms with Crippen LogP contribution in [0.25, 0.3) is 0 Å². The van der Waals surface area contributed by atoms with Gasteiger partial charge < -0.3 is 15.3 Å². The minimum atomic E-state index is -0.905. The van der Waals surface area contributed by atoms with E-state index in [4.69, 9.17) is 39.9 Å². The molecule has 2 N–H and O–H groups in total. The van der Waals surface area contributed by atoms with Crippen molar-refractivity contribution in [3.63, 3.8) is 0 Å². The van der Waals surface area contributed by atoms with Gasteiger partial charge >= 0.3 is 0 Å². The third-order valence-corrected chi connectivity index (χ3v) is 5.68. The number of hydrogen-bond acceptors (Lipinski definition) is 3. The molecule has 22 heavy (non-hydrogen) atoms. The number of aliphatic hydroxyl groups is 1. The fourth-order valence-corrected chi connectivity index (χ4v) is 4.01. The van der Waals surface area contributed by atoms with Crippen molar-refractivity contribution in [2.45, 2.75) is 24.8 Å². The van der Waals surface area contributed by atoms with Crippen LogP contribution in [-0.4, -0.2) is 41.0 Å². The zero-order valence-corrected chi connectivity index (χ0v) is 13.9. The first-order chi connectivity index (χ1) is 10.3. The van der Waals surface area contributed by atoms with E-state index in [9.17, 15) is 9.59 Å². The van der Waals surface area contributed by atoms with Gasteiger partial charge in [-0.2, -0.15) is 0 Å². The second-order valence-corrected chi connectivity index (χ2v) is 6.84. The van der Waals surface area contributed by atoms with Crippen molar-refractivity contribution < 1.29 is 14.7 Å². The van der Waals surface area contributed by atoms with Gasteiger partial charge in [0.05, 0.1) is 26.2 Å². The molecule has 0 aliphatic carbocycles. The highest BCUT2D eigenvalue weighted by atomic mass is 35.5. The molecule has 1 fully saturated rings. The summed E-state index contributed by atoms with van der Waals surface area (Å²) in [5.41, 5.74) is 0.195. The van der Waals surface area contributed by atoms with E-state index in [1.807, 2.05) is 6.92 Å². The molecule has 1 aromatic rings. The average molecular weight is 364 g/mol. The summed E-state index contributed by atoms with van der Waals surface area (Å²) in [6, 6.07) is 1.45. The van der Waals surface area contributed by atoms with E-state index < -0.39 is 17.9 Å². The Morgan fingerprint density at radius 3 is 2.77 bits per heavy atom. The minimum Gasteiger partial charge on any atom is -0.387 e. The summed E-state index contributed by atoms with van der Waals surface area (Å²) in [7, 11) is 0. The molecule has 2 amide bonds. The van der Waals surface area contributed by atoms with E-state index in [1.165, 1.54) is 4.90 Å². The van der Waals surface area contributed by atoms with Gasteiger partial charge in [0.15, 0.2) is 0 Å². The van der Waals surface area contributed by atoms with Crippen molar-refractivity contribution in [1.82, 2.24) is 4.90 Å². The summed E-state index contributed by atoms with van der Waals surface area (Å²) >= 11 is 18.3. The van der Waals surface area contributed by atoms with E-state index in [0.717, 1.165) is 0 Å². The molecule has 0 radical (unpaired) electrons. The number of aliphatic hydroxyl groups excluding tert-OH is 1. The summed E-state index contributed by atoms with van der Waals surface area (Å²) in [6.45, 7) is 1.43. The van der Waals surface area contributed by atoms with Crippen LogP contribution in [0.3, 0.4) is 0 Å². The summed E-state index contributed by atoms with van der Waals surface area (Å²) < 4.78 is 0. The fraction of sp³-hybridized carbons (Fsp3) is 0.429. The molecule has 3 rings (SSSR count). The van der Waals surface area contributed by atoms with Crippen LogP contribution >= 0.6 is 34.8 Å². The molecular weight excluding hydrogens is 351 g/mol. The number of carbonyl (C=O) groups excluding carboxylic acids is 2. The first-order valence-electron chi connectivity index (χ1n) is 6.71. The first-order valence-corrected chi connectivity index (χ1v) is 7.85. The van der Waals surface area contributed by atoms with Crippen molar-refractivity contribution >= 4 is 52.3 Å². The van der Waals surface area contributed by atoms with Gasteiger partial charge in [0, 0.05) is 12.6 Å². The van der Waals surface area contributed by atoms with Crippen LogP contribution < -0.4 is 5.32 Å². The predicted molar refractivity (Wildman–Crippen MR) is 84.7 cm³/mol. The van der Waals surface area contributed by atoms with Crippen molar-refractivity contribution in [3.05, 3.63) is 26.7 Å². The smallest absolute Gasteiger partial charge is 0.248 e. The summed E-state index contributed by atoms with van der Waals surface area (Å²) in [6.07, 6.45) is 0.436. The lowest BCUT2D eigenvalue weighted by Crippen LogP contribution is -2.40. The number of hydrogen-bond donors (Lipinski definition) is 2. The second-order valence-electron chi connectivity index (χ2n) is 5.68. The van der Waals surface area contributed by atoms with Gasteiger partial charge in [-0.3, -0.25) is 9.59 Å². The first kappa shape index (κ1) is 15.9. The van der Waals surface area contributed by atoms with Gasteiger partial charge in [0.25, 0.3) is 0 Å². The number of nitrogens with zero attached hydrogens (tertiary/aromatic N) is 1. The van der Waals surface area contributed by atoms with Crippen LogP contribution in [0.15, 0.2) is 6.07 Å². The maximum Gasteiger partial charge on any atom is 0.248 e. The highest BCUT2D eigenvalue weighted by Gasteiger charge is 2.55. The van der Waals surface area contributed by atoms with Crippen LogP contribution in [-0.2, 0) is 15.0 Å². The molecule has 2 aliphatic heterocycles. The number of fused-ring (bicyclic) bond motifs is 2. The molecule has 1 spiro atoms. The van der Waals surface area contributed by atoms with Crippen LogP contribution in [0.2, 0.25) is 15.1 Å². The average Bonchev–Trinajstić information content (AvgIpc) is 2.97. The Balaban J connectivity index is 2.12. The number of rotatable bonds is 1. The lowest BCUT2D eigenvalue weighted by molar-refractivity contribution is -0.135. The van der Waals surface area contributed by atoms with E-state index in [1.54, 1.807) is 6.07 Å². The van der Waals surface area contributed by atoms with Crippen LogP contribution in [0, 0.1) is 0 Å². The predicted octanol–water partition coefficient (Wildman–Crippen LogP) is 2.45. The number of halogens is 3. The zero-order chi connectivity index (χ0) is 16.2. The van der Waals surface area contributed by atoms with Crippen molar-refractivity contribution in [2.75, 3.05) is 18.5 Å². The molecule has 2 atom stereocenters. The molecule has 8 heteroatoms. The number of carbonyl (C=O) groups is 2. The summed E-state index contributed by atoms with van der Waals surface area (Å²) in [4.78, 5) is 25.9. The van der Waals surface area contributed by atoms with Crippen LogP contribution in [0.4, 0.5) is 5.69 Å². The topological polar surface area (TPSA) is 69.6 Å². The molecule has 118 valence electrons. The summed E-state index contributed by atoms with van der Waals surface area (Å²) in [5, 5.41) is 12.5. The Kier molecular flexibility index (Phi) is 3.80. The largest absolute Gasteiger partial charge is 0.387 e. The lowest BCUT2D eigenvalue weighted by atomic mass is 9.80. The van der Waals surface area contributed by atoms with Crippen LogP contribution in [0.5, 0.6) is 0 Å². The maximum absolute atomic E-state index is 12.6. The number of amides is 2. The molecule has 1 saturated heterocycles. The monoisotopic (exact) mass is 362 g/mol. The zero-order valence-electron chi connectivity index (χ0n) is 11.6. The molecule has 0 saturated carbocycles. The molecule has 2 aliphatic rings. The van der Waals surface area contributed by atoms with Gasteiger partial charge in [-0.05, 0) is 25.0 Å². The maximum atomic E-state index is 12.6. The van der Waals surface area contributed by atoms with Gasteiger partial charge in [-0.25, -0.2) is 0 Å². The molecule has 0 unspecified atom stereocenters. The summed E-state index contributed by atoms with van der Waals surface area (Å²) in [5.74, 6) is -0.639. The molecule has 2 heterocycles. The van der Waals surface area contributed by atoms with Gasteiger partial charge in [-0.1, -0.05) is 34.8 Å². The lowest BCUT2D eigenvalue weighted by Gasteiger charge is -2.23. The van der Waals surface area contributed by atoms with E-state index >= 15 is 0 Å². The Labute approximate surface area is 142 Å². The van der Waals surface area contributed by atoms with E-state index in [-0.39, 0.29) is 33.6 Å². The van der Waals surface area contributed by atoms with Crippen molar-refractivity contribution in [1.29, 1.82) is 0 Å². The third kappa shape index (κ3) is 2.03. The number of nitrogens with one attached hydrogen (secondary N) is 1. The Morgan fingerprint density at radius 2 is 2.14 bits per heavy atom. The highest BCUT2D eigenvalue weighted by Crippen LogP contribution is 2.51. The van der Waals surface area contributed by atoms with Gasteiger partial charge in [-0.15, -0.1) is 0 Å². The van der Waals surface area contributed by atoms with E-state index in [0.29, 0.717) is 17.7 Å². The molecule has 1 aromatic carbocycles. The van der Waals surface area contributed by atoms with Crippen LogP contribution in [0.1, 0.15) is 18.9 Å². The molecule has 5 nitrogen and oxygen atoms in total. The van der Waals surface area contributed by atoms with Gasteiger partial charge in [0.2, 0.25) is 11.8 Å². The minimum absolute atomic E-state index is 0.176. The standard InChI is InChI=1S/C14H13Cl3N2O3/c1-6-3-14(5-19(6)9(21)4-20)7-2-8(15)10(16)11(17)12(7)18-13(14)22/h2,6,20H,3-5H2,1H3,(H,18,22)/t6-,14+/m0/s1. The molecular formula is C14H13Cl3N2O3. The van der Waals surface area contributed by atoms with Crippen molar-refractivity contribution in [2.24, 2.45) is 0 Å². The van der Waals surface area contributed by atoms with E-state index in [2.05, 4.69) is 5.32 Å². The Hall–Kier alpha value is -1.01. The highest BCUT2D eigenvalue weighted by molar-refractivity contribution is 6.49.